The van der Waals surface area contributed by atoms with Crippen molar-refractivity contribution < 1.29 is 28.6 Å². The van der Waals surface area contributed by atoms with Crippen LogP contribution in [0.25, 0.3) is 0 Å². The monoisotopic (exact) mass is 401 g/mol. The summed E-state index contributed by atoms with van der Waals surface area (Å²) in [6, 6.07) is 7.02. The lowest BCUT2D eigenvalue weighted by Gasteiger charge is -2.08. The molecular formula is C16H20BrNO6. The molecule has 1 aromatic carbocycles. The first-order chi connectivity index (χ1) is 11.5. The number of benzene rings is 1. The summed E-state index contributed by atoms with van der Waals surface area (Å²) in [5.41, 5.74) is 0. The summed E-state index contributed by atoms with van der Waals surface area (Å²) >= 11 is 3.29. The highest BCUT2D eigenvalue weighted by Gasteiger charge is 2.09. The highest BCUT2D eigenvalue weighted by molar-refractivity contribution is 9.10. The molecule has 132 valence electrons. The number of ether oxygens (including phenoxy) is 3. The first kappa shape index (κ1) is 20.0. The van der Waals surface area contributed by atoms with Crippen molar-refractivity contribution in [1.82, 2.24) is 5.32 Å². The van der Waals surface area contributed by atoms with Gasteiger partial charge in [-0.3, -0.25) is 9.59 Å². The van der Waals surface area contributed by atoms with E-state index in [9.17, 15) is 14.4 Å². The summed E-state index contributed by atoms with van der Waals surface area (Å²) < 4.78 is 15.6. The summed E-state index contributed by atoms with van der Waals surface area (Å²) in [4.78, 5) is 34.1. The maximum Gasteiger partial charge on any atom is 0.344 e. The first-order valence-corrected chi connectivity index (χ1v) is 8.27. The highest BCUT2D eigenvalue weighted by atomic mass is 79.9. The number of carbonyl (C=O) groups is 3. The fourth-order valence-corrected chi connectivity index (χ4v) is 2.01. The molecule has 24 heavy (non-hydrogen) atoms. The van der Waals surface area contributed by atoms with Crippen LogP contribution in [0, 0.1) is 0 Å². The number of hydrogen-bond donors (Lipinski definition) is 1. The maximum atomic E-state index is 11.5. The zero-order valence-electron chi connectivity index (χ0n) is 13.4. The van der Waals surface area contributed by atoms with Crippen LogP contribution < -0.4 is 10.1 Å². The van der Waals surface area contributed by atoms with Gasteiger partial charge < -0.3 is 19.5 Å². The zero-order chi connectivity index (χ0) is 17.8. The number of nitrogens with one attached hydrogen (secondary N) is 1. The van der Waals surface area contributed by atoms with Crippen LogP contribution >= 0.6 is 15.9 Å². The molecule has 0 aliphatic rings. The molecule has 0 saturated heterocycles. The van der Waals surface area contributed by atoms with Crippen LogP contribution in [0.3, 0.4) is 0 Å². The van der Waals surface area contributed by atoms with Crippen molar-refractivity contribution in [2.24, 2.45) is 0 Å². The Kier molecular flexibility index (Phi) is 9.52. The molecule has 0 bridgehead atoms. The van der Waals surface area contributed by atoms with E-state index in [0.29, 0.717) is 25.3 Å². The maximum absolute atomic E-state index is 11.5. The van der Waals surface area contributed by atoms with Crippen molar-refractivity contribution >= 4 is 33.8 Å². The minimum atomic E-state index is -0.642. The van der Waals surface area contributed by atoms with Crippen LogP contribution in [0.2, 0.25) is 0 Å². The zero-order valence-corrected chi connectivity index (χ0v) is 15.0. The molecule has 0 heterocycles. The summed E-state index contributed by atoms with van der Waals surface area (Å²) in [6.45, 7) is 1.70. The molecule has 0 unspecified atom stereocenters. The quantitative estimate of drug-likeness (QED) is 0.475. The smallest absolute Gasteiger partial charge is 0.344 e. The Labute approximate surface area is 148 Å². The van der Waals surface area contributed by atoms with E-state index in [2.05, 4.69) is 21.2 Å². The van der Waals surface area contributed by atoms with Crippen LogP contribution in [0.5, 0.6) is 5.75 Å². The fraction of sp³-hybridized carbons (Fsp3) is 0.438. The second-order valence-electron chi connectivity index (χ2n) is 4.67. The van der Waals surface area contributed by atoms with Crippen molar-refractivity contribution in [2.45, 2.75) is 19.8 Å². The van der Waals surface area contributed by atoms with E-state index in [0.717, 1.165) is 4.47 Å². The van der Waals surface area contributed by atoms with Crippen LogP contribution in [0.1, 0.15) is 19.8 Å². The molecule has 1 rings (SSSR count). The van der Waals surface area contributed by atoms with E-state index < -0.39 is 11.9 Å². The molecule has 1 N–H and O–H groups in total. The van der Waals surface area contributed by atoms with Gasteiger partial charge in [-0.2, -0.15) is 0 Å². The van der Waals surface area contributed by atoms with E-state index in [-0.39, 0.29) is 25.6 Å². The molecule has 0 saturated carbocycles. The lowest BCUT2D eigenvalue weighted by molar-refractivity contribution is -0.150. The Bertz CT molecular complexity index is 563. The van der Waals surface area contributed by atoms with Gasteiger partial charge in [0.25, 0.3) is 5.91 Å². The van der Waals surface area contributed by atoms with Crippen LogP contribution in [0.15, 0.2) is 28.7 Å². The Morgan fingerprint density at radius 1 is 1.12 bits per heavy atom. The Balaban J connectivity index is 2.11. The Morgan fingerprint density at radius 2 is 1.92 bits per heavy atom. The van der Waals surface area contributed by atoms with Gasteiger partial charge in [0.2, 0.25) is 0 Å². The van der Waals surface area contributed by atoms with Crippen LogP contribution in [0.4, 0.5) is 0 Å². The van der Waals surface area contributed by atoms with Crippen LogP contribution in [-0.4, -0.2) is 44.2 Å². The summed E-state index contributed by atoms with van der Waals surface area (Å²) in [6.07, 6.45) is 0.693. The Morgan fingerprint density at radius 3 is 2.62 bits per heavy atom. The van der Waals surface area contributed by atoms with Crippen molar-refractivity contribution in [1.29, 1.82) is 0 Å². The van der Waals surface area contributed by atoms with E-state index >= 15 is 0 Å². The third kappa shape index (κ3) is 9.14. The summed E-state index contributed by atoms with van der Waals surface area (Å²) in [5.74, 6) is -0.862. The van der Waals surface area contributed by atoms with Crippen LogP contribution in [-0.2, 0) is 23.9 Å². The third-order valence-corrected chi connectivity index (χ3v) is 3.20. The first-order valence-electron chi connectivity index (χ1n) is 7.47. The predicted molar refractivity (Wildman–Crippen MR) is 89.5 cm³/mol. The van der Waals surface area contributed by atoms with Gasteiger partial charge in [-0.05, 0) is 31.5 Å². The number of hydrogen-bond acceptors (Lipinski definition) is 6. The molecule has 0 fully saturated rings. The summed E-state index contributed by atoms with van der Waals surface area (Å²) in [5, 5.41) is 2.55. The molecular weight excluding hydrogens is 382 g/mol. The van der Waals surface area contributed by atoms with Crippen molar-refractivity contribution in [2.75, 3.05) is 26.4 Å². The van der Waals surface area contributed by atoms with E-state index in [1.807, 2.05) is 6.07 Å². The molecule has 7 nitrogen and oxygen atoms in total. The molecule has 0 aliphatic carbocycles. The predicted octanol–water partition coefficient (Wildman–Crippen LogP) is 1.83. The van der Waals surface area contributed by atoms with Gasteiger partial charge in [-0.25, -0.2) is 4.79 Å². The van der Waals surface area contributed by atoms with Gasteiger partial charge in [0.1, 0.15) is 5.75 Å². The van der Waals surface area contributed by atoms with Crippen molar-refractivity contribution in [3.8, 4) is 5.75 Å². The second kappa shape index (κ2) is 11.4. The average molecular weight is 402 g/mol. The minimum absolute atomic E-state index is 0.231. The second-order valence-corrected chi connectivity index (χ2v) is 5.58. The molecule has 1 amide bonds. The average Bonchev–Trinajstić information content (AvgIpc) is 2.55. The summed E-state index contributed by atoms with van der Waals surface area (Å²) in [7, 11) is 0. The van der Waals surface area contributed by atoms with Gasteiger partial charge >= 0.3 is 11.9 Å². The number of rotatable bonds is 10. The molecule has 0 aliphatic heterocycles. The third-order valence-electron chi connectivity index (χ3n) is 2.70. The Hall–Kier alpha value is -2.09. The number of amides is 1. The molecule has 0 radical (unpaired) electrons. The van der Waals surface area contributed by atoms with Gasteiger partial charge in [0.15, 0.2) is 13.2 Å². The number of halogens is 1. The SMILES string of the molecule is CCOC(=O)CCCNC(=O)COC(=O)COc1cccc(Br)c1. The normalized spacial score (nSPS) is 9.92. The van der Waals surface area contributed by atoms with Gasteiger partial charge in [0.05, 0.1) is 6.61 Å². The van der Waals surface area contributed by atoms with Crippen molar-refractivity contribution in [3.05, 3.63) is 28.7 Å². The number of carbonyl (C=O) groups excluding carboxylic acids is 3. The van der Waals surface area contributed by atoms with E-state index in [1.165, 1.54) is 0 Å². The van der Waals surface area contributed by atoms with Gasteiger partial charge in [-0.1, -0.05) is 22.0 Å². The topological polar surface area (TPSA) is 90.9 Å². The molecule has 8 heteroatoms. The highest BCUT2D eigenvalue weighted by Crippen LogP contribution is 2.17. The van der Waals surface area contributed by atoms with E-state index in [4.69, 9.17) is 14.2 Å². The standard InChI is InChI=1S/C16H20BrNO6/c1-2-22-15(20)7-4-8-18-14(19)10-24-16(21)11-23-13-6-3-5-12(17)9-13/h3,5-6,9H,2,4,7-8,10-11H2,1H3,(H,18,19). The largest absolute Gasteiger partial charge is 0.482 e. The molecule has 1 aromatic rings. The van der Waals surface area contributed by atoms with Gasteiger partial charge in [-0.15, -0.1) is 0 Å². The fourth-order valence-electron chi connectivity index (χ4n) is 1.63. The van der Waals surface area contributed by atoms with Gasteiger partial charge in [0, 0.05) is 17.4 Å². The lowest BCUT2D eigenvalue weighted by Crippen LogP contribution is -2.30. The van der Waals surface area contributed by atoms with Crippen molar-refractivity contribution in [3.63, 3.8) is 0 Å². The lowest BCUT2D eigenvalue weighted by atomic mass is 10.3. The molecule has 0 atom stereocenters. The van der Waals surface area contributed by atoms with E-state index in [1.54, 1.807) is 25.1 Å². The minimum Gasteiger partial charge on any atom is -0.482 e. The number of esters is 2. The molecule has 0 aromatic heterocycles. The molecule has 0 spiro atoms.